The van der Waals surface area contributed by atoms with Crippen molar-refractivity contribution in [2.75, 3.05) is 6.54 Å². The highest BCUT2D eigenvalue weighted by Crippen LogP contribution is 2.29. The highest BCUT2D eigenvalue weighted by atomic mass is 16.5. The van der Waals surface area contributed by atoms with Crippen molar-refractivity contribution in [2.24, 2.45) is 11.7 Å². The number of rotatable bonds is 3. The van der Waals surface area contributed by atoms with Crippen molar-refractivity contribution < 1.29 is 4.74 Å². The third-order valence-corrected chi connectivity index (χ3v) is 3.86. The normalized spacial score (nSPS) is 22.8. The molecule has 2 N–H and O–H groups in total. The summed E-state index contributed by atoms with van der Waals surface area (Å²) >= 11 is 0. The van der Waals surface area contributed by atoms with Crippen molar-refractivity contribution in [1.82, 2.24) is 9.97 Å². The summed E-state index contributed by atoms with van der Waals surface area (Å²) in [6.45, 7) is 2.63. The second-order valence-electron chi connectivity index (χ2n) is 5.19. The summed E-state index contributed by atoms with van der Waals surface area (Å²) in [7, 11) is 0. The lowest BCUT2D eigenvalue weighted by atomic mass is 10.1. The minimum atomic E-state index is 0.194. The fourth-order valence-electron chi connectivity index (χ4n) is 2.75. The summed E-state index contributed by atoms with van der Waals surface area (Å²) in [5.74, 6) is 1.11. The molecule has 3 rings (SSSR count). The van der Waals surface area contributed by atoms with Crippen molar-refractivity contribution in [2.45, 2.75) is 32.3 Å². The minimum Gasteiger partial charge on any atom is -0.473 e. The largest absolute Gasteiger partial charge is 0.473 e. The number of nitrogens with zero attached hydrogens (tertiary/aromatic N) is 2. The summed E-state index contributed by atoms with van der Waals surface area (Å²) in [6.07, 6.45) is 3.60. The van der Waals surface area contributed by atoms with Crippen molar-refractivity contribution in [3.63, 3.8) is 0 Å². The summed E-state index contributed by atoms with van der Waals surface area (Å²) < 4.78 is 6.06. The number of nitrogens with two attached hydrogens (primary N) is 1. The molecule has 2 unspecified atom stereocenters. The van der Waals surface area contributed by atoms with Crippen LogP contribution in [0.15, 0.2) is 24.3 Å². The van der Waals surface area contributed by atoms with E-state index in [0.29, 0.717) is 18.3 Å². The van der Waals surface area contributed by atoms with Crippen molar-refractivity contribution >= 4 is 11.0 Å². The van der Waals surface area contributed by atoms with Gasteiger partial charge in [0.15, 0.2) is 0 Å². The molecule has 1 saturated carbocycles. The van der Waals surface area contributed by atoms with Crippen LogP contribution in [0.25, 0.3) is 11.0 Å². The van der Waals surface area contributed by atoms with Gasteiger partial charge in [-0.05, 0) is 44.9 Å². The highest BCUT2D eigenvalue weighted by molar-refractivity contribution is 5.74. The van der Waals surface area contributed by atoms with E-state index >= 15 is 0 Å². The van der Waals surface area contributed by atoms with Gasteiger partial charge in [-0.15, -0.1) is 0 Å². The molecule has 0 amide bonds. The van der Waals surface area contributed by atoms with Crippen LogP contribution in [0.1, 0.15) is 25.0 Å². The molecule has 4 nitrogen and oxygen atoms in total. The number of aryl methyl sites for hydroxylation is 1. The zero-order valence-corrected chi connectivity index (χ0v) is 11.2. The third kappa shape index (κ3) is 2.40. The van der Waals surface area contributed by atoms with E-state index in [-0.39, 0.29) is 6.10 Å². The first kappa shape index (κ1) is 12.4. The van der Waals surface area contributed by atoms with Crippen molar-refractivity contribution in [3.05, 3.63) is 30.0 Å². The summed E-state index contributed by atoms with van der Waals surface area (Å²) in [6, 6.07) is 7.87. The van der Waals surface area contributed by atoms with Crippen LogP contribution < -0.4 is 10.5 Å². The second kappa shape index (κ2) is 5.13. The number of aromatic nitrogens is 2. The Morgan fingerprint density at radius 1 is 1.21 bits per heavy atom. The first-order valence-corrected chi connectivity index (χ1v) is 6.88. The van der Waals surface area contributed by atoms with E-state index in [1.165, 1.54) is 6.42 Å². The Labute approximate surface area is 113 Å². The van der Waals surface area contributed by atoms with Crippen LogP contribution in [0.4, 0.5) is 0 Å². The van der Waals surface area contributed by atoms with E-state index in [2.05, 4.69) is 9.97 Å². The van der Waals surface area contributed by atoms with Crippen LogP contribution in [0.5, 0.6) is 5.88 Å². The first-order valence-electron chi connectivity index (χ1n) is 6.88. The molecule has 1 aliphatic carbocycles. The molecule has 0 aliphatic heterocycles. The van der Waals surface area contributed by atoms with Gasteiger partial charge in [-0.25, -0.2) is 9.97 Å². The molecular weight excluding hydrogens is 238 g/mol. The van der Waals surface area contributed by atoms with Gasteiger partial charge in [0.1, 0.15) is 11.8 Å². The van der Waals surface area contributed by atoms with Gasteiger partial charge in [-0.2, -0.15) is 0 Å². The Morgan fingerprint density at radius 2 is 1.95 bits per heavy atom. The molecule has 19 heavy (non-hydrogen) atoms. The van der Waals surface area contributed by atoms with Crippen LogP contribution in [0.2, 0.25) is 0 Å². The Balaban J connectivity index is 1.90. The Hall–Kier alpha value is -1.68. The molecule has 4 heteroatoms. The predicted molar refractivity (Wildman–Crippen MR) is 75.1 cm³/mol. The molecular formula is C15H19N3O. The average Bonchev–Trinajstić information content (AvgIpc) is 2.87. The van der Waals surface area contributed by atoms with Gasteiger partial charge in [0, 0.05) is 5.92 Å². The van der Waals surface area contributed by atoms with E-state index in [1.54, 1.807) is 0 Å². The average molecular weight is 257 g/mol. The highest BCUT2D eigenvalue weighted by Gasteiger charge is 2.28. The maximum Gasteiger partial charge on any atom is 0.236 e. The lowest BCUT2D eigenvalue weighted by molar-refractivity contribution is 0.154. The molecule has 0 saturated heterocycles. The molecule has 2 aromatic rings. The molecule has 100 valence electrons. The number of fused-ring (bicyclic) bond motifs is 1. The van der Waals surface area contributed by atoms with Crippen LogP contribution in [0.3, 0.4) is 0 Å². The third-order valence-electron chi connectivity index (χ3n) is 3.86. The summed E-state index contributed by atoms with van der Waals surface area (Å²) in [5, 5.41) is 0. The summed E-state index contributed by atoms with van der Waals surface area (Å²) in [4.78, 5) is 9.13. The molecule has 0 bridgehead atoms. The van der Waals surface area contributed by atoms with Gasteiger partial charge in [0.05, 0.1) is 11.0 Å². The maximum atomic E-state index is 6.06. The molecule has 1 aromatic heterocycles. The predicted octanol–water partition coefficient (Wildman–Crippen LogP) is 2.44. The molecule has 1 fully saturated rings. The van der Waals surface area contributed by atoms with E-state index in [1.807, 2.05) is 31.2 Å². The first-order chi connectivity index (χ1) is 9.28. The van der Waals surface area contributed by atoms with Gasteiger partial charge < -0.3 is 10.5 Å². The number of ether oxygens (including phenoxy) is 1. The molecule has 2 atom stereocenters. The quantitative estimate of drug-likeness (QED) is 0.917. The molecule has 1 aliphatic rings. The van der Waals surface area contributed by atoms with Gasteiger partial charge in [-0.1, -0.05) is 12.1 Å². The van der Waals surface area contributed by atoms with E-state index < -0.39 is 0 Å². The smallest absolute Gasteiger partial charge is 0.236 e. The fourth-order valence-corrected chi connectivity index (χ4v) is 2.75. The van der Waals surface area contributed by atoms with Gasteiger partial charge >= 0.3 is 0 Å². The van der Waals surface area contributed by atoms with Gasteiger partial charge in [0.2, 0.25) is 5.88 Å². The maximum absolute atomic E-state index is 6.06. The van der Waals surface area contributed by atoms with Crippen LogP contribution in [-0.2, 0) is 0 Å². The minimum absolute atomic E-state index is 0.194. The van der Waals surface area contributed by atoms with Crippen LogP contribution in [-0.4, -0.2) is 22.6 Å². The summed E-state index contributed by atoms with van der Waals surface area (Å²) in [5.41, 5.74) is 8.43. The number of hydrogen-bond acceptors (Lipinski definition) is 4. The Kier molecular flexibility index (Phi) is 3.34. The number of benzene rings is 1. The van der Waals surface area contributed by atoms with Crippen molar-refractivity contribution in [3.8, 4) is 5.88 Å². The zero-order chi connectivity index (χ0) is 13.2. The topological polar surface area (TPSA) is 61.0 Å². The Bertz CT molecular complexity index is 585. The lowest BCUT2D eigenvalue weighted by Crippen LogP contribution is -2.28. The zero-order valence-electron chi connectivity index (χ0n) is 11.2. The van der Waals surface area contributed by atoms with Gasteiger partial charge in [0.25, 0.3) is 0 Å². The molecule has 0 radical (unpaired) electrons. The molecule has 0 spiro atoms. The number of para-hydroxylation sites is 2. The van der Waals surface area contributed by atoms with E-state index in [4.69, 9.17) is 10.5 Å². The van der Waals surface area contributed by atoms with Crippen molar-refractivity contribution in [1.29, 1.82) is 0 Å². The Morgan fingerprint density at radius 3 is 2.68 bits per heavy atom. The van der Waals surface area contributed by atoms with Crippen LogP contribution in [0, 0.1) is 12.8 Å². The second-order valence-corrected chi connectivity index (χ2v) is 5.19. The number of hydrogen-bond donors (Lipinski definition) is 1. The van der Waals surface area contributed by atoms with Gasteiger partial charge in [-0.3, -0.25) is 0 Å². The van der Waals surface area contributed by atoms with E-state index in [9.17, 15) is 0 Å². The SMILES string of the molecule is Cc1nc2ccccc2nc1OC1CCCC1CN. The molecule has 1 heterocycles. The molecule has 1 aromatic carbocycles. The fraction of sp³-hybridized carbons (Fsp3) is 0.467. The van der Waals surface area contributed by atoms with E-state index in [0.717, 1.165) is 29.6 Å². The monoisotopic (exact) mass is 257 g/mol. The standard InChI is InChI=1S/C15H19N3O/c1-10-15(19-14-8-4-5-11(14)9-16)18-13-7-3-2-6-12(13)17-10/h2-3,6-7,11,14H,4-5,8-9,16H2,1H3. The van der Waals surface area contributed by atoms with Crippen LogP contribution >= 0.6 is 0 Å². The lowest BCUT2D eigenvalue weighted by Gasteiger charge is -2.20.